The summed E-state index contributed by atoms with van der Waals surface area (Å²) < 4.78 is 0.773. The second-order valence-electron chi connectivity index (χ2n) is 1.97. The van der Waals surface area contributed by atoms with E-state index in [1.165, 1.54) is 0 Å². The Balaban J connectivity index is 0. The van der Waals surface area contributed by atoms with E-state index in [1.807, 2.05) is 6.92 Å². The lowest BCUT2D eigenvalue weighted by Crippen LogP contribution is -1.84. The summed E-state index contributed by atoms with van der Waals surface area (Å²) in [5, 5.41) is 0. The van der Waals surface area contributed by atoms with Crippen LogP contribution < -0.4 is 0 Å². The van der Waals surface area contributed by atoms with E-state index in [-0.39, 0.29) is 5.78 Å². The van der Waals surface area contributed by atoms with Crippen molar-refractivity contribution in [3.05, 3.63) is 0 Å². The molecule has 0 aromatic heterocycles. The van der Waals surface area contributed by atoms with E-state index in [4.69, 9.17) is 0 Å². The Hall–Kier alpha value is 1.13. The fraction of sp³-hybridized carbons (Fsp3) is 0.857. The maximum atomic E-state index is 10.0. The number of carbonyl (C=O) groups is 1. The quantitative estimate of drug-likeness (QED) is 0.538. The Bertz CT molecular complexity index is 78.9. The number of carbonyl (C=O) groups excluding carboxylic acids is 1. The fourth-order valence-electron chi connectivity index (χ4n) is 0.352. The van der Waals surface area contributed by atoms with Gasteiger partial charge in [0, 0.05) is 6.42 Å². The standard InChI is InChI=1S/C5H10O.C2H4I2/c1-3-4-5(2)6;1-2(3)4/h3-4H2,1-2H3;2H,1H3. The molecule has 0 atom stereocenters. The molecule has 0 aromatic rings. The topological polar surface area (TPSA) is 17.1 Å². The van der Waals surface area contributed by atoms with Crippen LogP contribution >= 0.6 is 45.2 Å². The molecule has 0 saturated heterocycles. The number of ketones is 1. The van der Waals surface area contributed by atoms with Gasteiger partial charge in [0.1, 0.15) is 5.78 Å². The zero-order chi connectivity index (χ0) is 8.57. The minimum absolute atomic E-state index is 0.289. The van der Waals surface area contributed by atoms with E-state index in [0.717, 1.165) is 14.8 Å². The Morgan fingerprint density at radius 1 is 1.50 bits per heavy atom. The van der Waals surface area contributed by atoms with Crippen molar-refractivity contribution < 1.29 is 4.79 Å². The van der Waals surface area contributed by atoms with E-state index >= 15 is 0 Å². The molecule has 10 heavy (non-hydrogen) atoms. The van der Waals surface area contributed by atoms with Crippen molar-refractivity contribution in [1.82, 2.24) is 0 Å². The van der Waals surface area contributed by atoms with E-state index in [1.54, 1.807) is 6.92 Å². The van der Waals surface area contributed by atoms with Crippen LogP contribution in [-0.4, -0.2) is 7.71 Å². The summed E-state index contributed by atoms with van der Waals surface area (Å²) in [5.74, 6) is 0.289. The Kier molecular flexibility index (Phi) is 13.9. The van der Waals surface area contributed by atoms with Gasteiger partial charge >= 0.3 is 0 Å². The van der Waals surface area contributed by atoms with Gasteiger partial charge in [0.15, 0.2) is 0 Å². The molecule has 1 nitrogen and oxygen atoms in total. The molecule has 0 unspecified atom stereocenters. The van der Waals surface area contributed by atoms with E-state index in [2.05, 4.69) is 52.1 Å². The molecule has 0 radical (unpaired) electrons. The summed E-state index contributed by atoms with van der Waals surface area (Å²) in [6.45, 7) is 5.76. The maximum absolute atomic E-state index is 10.0. The molecule has 0 fully saturated rings. The molecule has 0 N–H and O–H groups in total. The second-order valence-corrected chi connectivity index (χ2v) is 8.09. The number of Topliss-reactive ketones (excluding diaryl/α,β-unsaturated/α-hetero) is 1. The minimum Gasteiger partial charge on any atom is -0.300 e. The van der Waals surface area contributed by atoms with Crippen LogP contribution in [0.1, 0.15) is 33.6 Å². The highest BCUT2D eigenvalue weighted by atomic mass is 127. The van der Waals surface area contributed by atoms with Crippen LogP contribution in [-0.2, 0) is 4.79 Å². The van der Waals surface area contributed by atoms with Gasteiger partial charge in [-0.2, -0.15) is 0 Å². The third-order valence-electron chi connectivity index (χ3n) is 0.602. The smallest absolute Gasteiger partial charge is 0.129 e. The number of rotatable bonds is 2. The monoisotopic (exact) mass is 368 g/mol. The van der Waals surface area contributed by atoms with Crippen LogP contribution in [0.25, 0.3) is 0 Å². The van der Waals surface area contributed by atoms with Crippen LogP contribution in [0.2, 0.25) is 0 Å². The zero-order valence-corrected chi connectivity index (χ0v) is 11.0. The van der Waals surface area contributed by atoms with E-state index in [0.29, 0.717) is 0 Å². The molecular formula is C7H14I2O. The van der Waals surface area contributed by atoms with Crippen molar-refractivity contribution in [2.45, 2.75) is 35.5 Å². The largest absolute Gasteiger partial charge is 0.300 e. The van der Waals surface area contributed by atoms with Gasteiger partial charge in [-0.1, -0.05) is 52.1 Å². The van der Waals surface area contributed by atoms with Crippen LogP contribution in [0.4, 0.5) is 0 Å². The first-order valence-electron chi connectivity index (χ1n) is 3.28. The molecule has 0 bridgehead atoms. The predicted octanol–water partition coefficient (Wildman–Crippen LogP) is 3.58. The van der Waals surface area contributed by atoms with E-state index in [9.17, 15) is 4.79 Å². The molecule has 0 spiro atoms. The van der Waals surface area contributed by atoms with Crippen molar-refractivity contribution in [1.29, 1.82) is 0 Å². The van der Waals surface area contributed by atoms with Gasteiger partial charge in [0.05, 0.1) is 1.93 Å². The molecule has 0 aromatic carbocycles. The average molecular weight is 368 g/mol. The summed E-state index contributed by atoms with van der Waals surface area (Å²) in [4.78, 5) is 10.0. The molecule has 0 saturated carbocycles. The fourth-order valence-corrected chi connectivity index (χ4v) is 0.352. The van der Waals surface area contributed by atoms with Gasteiger partial charge in [-0.15, -0.1) is 0 Å². The summed E-state index contributed by atoms with van der Waals surface area (Å²) in [6.07, 6.45) is 1.72. The van der Waals surface area contributed by atoms with Crippen molar-refractivity contribution in [3.8, 4) is 0 Å². The van der Waals surface area contributed by atoms with Crippen molar-refractivity contribution in [2.24, 2.45) is 0 Å². The molecule has 0 rings (SSSR count). The third-order valence-corrected chi connectivity index (χ3v) is 0.602. The Labute approximate surface area is 90.6 Å². The number of halogens is 2. The van der Waals surface area contributed by atoms with Gasteiger partial charge in [0.2, 0.25) is 0 Å². The van der Waals surface area contributed by atoms with Crippen LogP contribution in [0, 0.1) is 0 Å². The van der Waals surface area contributed by atoms with E-state index < -0.39 is 0 Å². The normalized spacial score (nSPS) is 8.60. The summed E-state index contributed by atoms with van der Waals surface area (Å²) in [5.41, 5.74) is 0. The lowest BCUT2D eigenvalue weighted by molar-refractivity contribution is -0.117. The van der Waals surface area contributed by atoms with Gasteiger partial charge in [-0.25, -0.2) is 0 Å². The third kappa shape index (κ3) is 35.4. The first-order valence-corrected chi connectivity index (χ1v) is 5.77. The molecular weight excluding hydrogens is 354 g/mol. The second kappa shape index (κ2) is 10.1. The highest BCUT2D eigenvalue weighted by Crippen LogP contribution is 2.05. The van der Waals surface area contributed by atoms with Gasteiger partial charge in [-0.3, -0.25) is 0 Å². The first-order chi connectivity index (χ1) is 4.50. The number of hydrogen-bond acceptors (Lipinski definition) is 1. The molecule has 0 aliphatic heterocycles. The molecule has 3 heteroatoms. The average Bonchev–Trinajstić information content (AvgIpc) is 1.62. The first kappa shape index (κ1) is 13.7. The lowest BCUT2D eigenvalue weighted by Gasteiger charge is -1.80. The lowest BCUT2D eigenvalue weighted by atomic mass is 10.3. The molecule has 0 aliphatic rings. The molecule has 0 amide bonds. The van der Waals surface area contributed by atoms with Gasteiger partial charge in [-0.05, 0) is 20.3 Å². The number of hydrogen-bond donors (Lipinski definition) is 0. The predicted molar refractivity (Wildman–Crippen MR) is 63.1 cm³/mol. The summed E-state index contributed by atoms with van der Waals surface area (Å²) >= 11 is 4.66. The summed E-state index contributed by atoms with van der Waals surface area (Å²) in [6, 6.07) is 0. The molecule has 0 heterocycles. The summed E-state index contributed by atoms with van der Waals surface area (Å²) in [7, 11) is 0. The van der Waals surface area contributed by atoms with Crippen LogP contribution in [0.5, 0.6) is 0 Å². The number of alkyl halides is 2. The molecule has 62 valence electrons. The Morgan fingerprint density at radius 3 is 1.80 bits per heavy atom. The molecule has 0 aliphatic carbocycles. The highest BCUT2D eigenvalue weighted by molar-refractivity contribution is 14.2. The zero-order valence-electron chi connectivity index (χ0n) is 6.66. The van der Waals surface area contributed by atoms with Crippen molar-refractivity contribution >= 4 is 51.0 Å². The maximum Gasteiger partial charge on any atom is 0.129 e. The van der Waals surface area contributed by atoms with Crippen molar-refractivity contribution in [3.63, 3.8) is 0 Å². The highest BCUT2D eigenvalue weighted by Gasteiger charge is 1.83. The SMILES string of the molecule is CC(I)I.CCCC(C)=O. The van der Waals surface area contributed by atoms with Crippen LogP contribution in [0.15, 0.2) is 0 Å². The van der Waals surface area contributed by atoms with Crippen molar-refractivity contribution in [2.75, 3.05) is 0 Å². The van der Waals surface area contributed by atoms with Crippen LogP contribution in [0.3, 0.4) is 0 Å². The minimum atomic E-state index is 0.289. The van der Waals surface area contributed by atoms with Gasteiger partial charge < -0.3 is 4.79 Å². The van der Waals surface area contributed by atoms with Gasteiger partial charge in [0.25, 0.3) is 0 Å². The Morgan fingerprint density at radius 2 is 1.80 bits per heavy atom.